The fourth-order valence-electron chi connectivity index (χ4n) is 1.87. The van der Waals surface area contributed by atoms with Crippen LogP contribution in [0.1, 0.15) is 16.1 Å². The lowest BCUT2D eigenvalue weighted by Crippen LogP contribution is -2.02. The molecule has 1 aromatic carbocycles. The highest BCUT2D eigenvalue weighted by Gasteiger charge is 2.14. The maximum Gasteiger partial charge on any atom is 0.337 e. The van der Waals surface area contributed by atoms with Crippen molar-refractivity contribution in [3.63, 3.8) is 0 Å². The highest BCUT2D eigenvalue weighted by atomic mass is 35.5. The molecule has 2 aromatic heterocycles. The number of halogens is 1. The number of carbonyl (C=O) groups is 1. The molecule has 3 rings (SSSR count). The number of aromatic nitrogens is 2. The van der Waals surface area contributed by atoms with E-state index in [1.165, 1.54) is 23.5 Å². The van der Waals surface area contributed by atoms with Crippen LogP contribution in [-0.2, 0) is 16.6 Å². The van der Waals surface area contributed by atoms with E-state index >= 15 is 0 Å². The van der Waals surface area contributed by atoms with E-state index in [0.29, 0.717) is 10.6 Å². The molecule has 1 atom stereocenters. The van der Waals surface area contributed by atoms with E-state index < -0.39 is 16.8 Å². The Labute approximate surface area is 131 Å². The van der Waals surface area contributed by atoms with Gasteiger partial charge in [-0.15, -0.1) is 11.3 Å². The maximum atomic E-state index is 12.3. The number of fused-ring (bicyclic) bond motifs is 1. The van der Waals surface area contributed by atoms with Crippen molar-refractivity contribution < 1.29 is 14.1 Å². The summed E-state index contributed by atoms with van der Waals surface area (Å²) in [4.78, 5) is 16.7. The van der Waals surface area contributed by atoms with Crippen molar-refractivity contribution in [3.05, 3.63) is 52.3 Å². The van der Waals surface area contributed by atoms with Gasteiger partial charge in [-0.25, -0.2) is 9.78 Å². The zero-order chi connectivity index (χ0) is 15.0. The lowest BCUT2D eigenvalue weighted by Gasteiger charge is -2.03. The number of imidazole rings is 1. The zero-order valence-corrected chi connectivity index (χ0v) is 12.9. The first-order chi connectivity index (χ1) is 10.0. The molecule has 0 bridgehead atoms. The van der Waals surface area contributed by atoms with Gasteiger partial charge in [0.1, 0.15) is 0 Å². The molecule has 3 aromatic rings. The van der Waals surface area contributed by atoms with Gasteiger partial charge in [0.25, 0.3) is 0 Å². The summed E-state index contributed by atoms with van der Waals surface area (Å²) in [6.07, 6.45) is 3.70. The van der Waals surface area contributed by atoms with Gasteiger partial charge in [0.05, 0.1) is 32.8 Å². The monoisotopic (exact) mass is 340 g/mol. The van der Waals surface area contributed by atoms with Gasteiger partial charge in [0.2, 0.25) is 0 Å². The van der Waals surface area contributed by atoms with Gasteiger partial charge < -0.3 is 5.11 Å². The molecule has 0 aliphatic rings. The van der Waals surface area contributed by atoms with E-state index in [1.807, 2.05) is 22.2 Å². The molecule has 0 fully saturated rings. The summed E-state index contributed by atoms with van der Waals surface area (Å²) in [6, 6.07) is 4.37. The number of hydrogen-bond acceptors (Lipinski definition) is 4. The number of carboxylic acids is 1. The second kappa shape index (κ2) is 5.59. The number of hydrogen-bond donors (Lipinski definition) is 1. The van der Waals surface area contributed by atoms with Crippen LogP contribution >= 0.6 is 22.9 Å². The first-order valence-corrected chi connectivity index (χ1v) is 8.44. The third kappa shape index (κ3) is 2.85. The Hall–Kier alpha value is -1.70. The Morgan fingerprint density at radius 3 is 3.00 bits per heavy atom. The van der Waals surface area contributed by atoms with Gasteiger partial charge in [0, 0.05) is 22.7 Å². The summed E-state index contributed by atoms with van der Waals surface area (Å²) in [5, 5.41) is 11.1. The molecule has 8 heteroatoms. The Balaban J connectivity index is 1.86. The van der Waals surface area contributed by atoms with E-state index in [1.54, 1.807) is 6.07 Å². The Bertz CT molecular complexity index is 828. The molecule has 1 N–H and O–H groups in total. The summed E-state index contributed by atoms with van der Waals surface area (Å²) in [5.74, 6) is -0.906. The fraction of sp³-hybridized carbons (Fsp3) is 0.0769. The van der Waals surface area contributed by atoms with Crippen molar-refractivity contribution >= 4 is 44.7 Å². The summed E-state index contributed by atoms with van der Waals surface area (Å²) >= 11 is 7.30. The van der Waals surface area contributed by atoms with Crippen molar-refractivity contribution in [1.29, 1.82) is 0 Å². The minimum absolute atomic E-state index is 0.0478. The average molecular weight is 341 g/mol. The van der Waals surface area contributed by atoms with Crippen LogP contribution in [0.15, 0.2) is 40.9 Å². The summed E-state index contributed by atoms with van der Waals surface area (Å²) < 4.78 is 14.2. The summed E-state index contributed by atoms with van der Waals surface area (Å²) in [7, 11) is -1.37. The van der Waals surface area contributed by atoms with Crippen LogP contribution in [0.4, 0.5) is 0 Å². The van der Waals surface area contributed by atoms with Crippen LogP contribution in [0, 0.1) is 0 Å². The maximum absolute atomic E-state index is 12.3. The van der Waals surface area contributed by atoms with Gasteiger partial charge in [-0.2, -0.15) is 0 Å². The minimum atomic E-state index is -1.37. The molecule has 0 radical (unpaired) electrons. The Morgan fingerprint density at radius 1 is 1.48 bits per heavy atom. The minimum Gasteiger partial charge on any atom is -0.478 e. The van der Waals surface area contributed by atoms with Crippen molar-refractivity contribution in [2.45, 2.75) is 10.6 Å². The Kier molecular flexibility index (Phi) is 3.79. The van der Waals surface area contributed by atoms with Gasteiger partial charge >= 0.3 is 5.97 Å². The number of rotatable bonds is 4. The molecule has 0 aliphatic heterocycles. The average Bonchev–Trinajstić information content (AvgIpc) is 2.99. The highest BCUT2D eigenvalue weighted by Crippen LogP contribution is 2.21. The Morgan fingerprint density at radius 2 is 2.29 bits per heavy atom. The highest BCUT2D eigenvalue weighted by molar-refractivity contribution is 7.84. The number of carboxylic acid groups (broad SMARTS) is 1. The van der Waals surface area contributed by atoms with E-state index in [4.69, 9.17) is 16.7 Å². The normalized spacial score (nSPS) is 12.6. The van der Waals surface area contributed by atoms with Gasteiger partial charge in [0.15, 0.2) is 4.96 Å². The topological polar surface area (TPSA) is 71.7 Å². The van der Waals surface area contributed by atoms with E-state index in [-0.39, 0.29) is 16.3 Å². The SMILES string of the molecule is O=C(O)c1cc(S(=O)Cc2cn3ccsc3n2)ccc1Cl. The van der Waals surface area contributed by atoms with Crippen LogP contribution in [0.2, 0.25) is 5.02 Å². The lowest BCUT2D eigenvalue weighted by atomic mass is 10.2. The largest absolute Gasteiger partial charge is 0.478 e. The van der Waals surface area contributed by atoms with Crippen molar-refractivity contribution in [2.75, 3.05) is 0 Å². The summed E-state index contributed by atoms with van der Waals surface area (Å²) in [5.41, 5.74) is 0.653. The second-order valence-corrected chi connectivity index (χ2v) is 6.99. The van der Waals surface area contributed by atoms with Crippen molar-refractivity contribution in [3.8, 4) is 0 Å². The molecule has 0 spiro atoms. The number of benzene rings is 1. The fourth-order valence-corrected chi connectivity index (χ4v) is 3.83. The quantitative estimate of drug-likeness (QED) is 0.792. The van der Waals surface area contributed by atoms with Crippen LogP contribution in [-0.4, -0.2) is 24.7 Å². The molecule has 0 aliphatic carbocycles. The van der Waals surface area contributed by atoms with E-state index in [9.17, 15) is 9.00 Å². The van der Waals surface area contributed by atoms with Crippen LogP contribution in [0.5, 0.6) is 0 Å². The molecule has 2 heterocycles. The van der Waals surface area contributed by atoms with E-state index in [2.05, 4.69) is 4.98 Å². The summed E-state index contributed by atoms with van der Waals surface area (Å²) in [6.45, 7) is 0. The number of nitrogens with zero attached hydrogens (tertiary/aromatic N) is 2. The second-order valence-electron chi connectivity index (χ2n) is 4.26. The molecule has 0 saturated heterocycles. The predicted octanol–water partition coefficient (Wildman–Crippen LogP) is 3.06. The molecule has 21 heavy (non-hydrogen) atoms. The first-order valence-electron chi connectivity index (χ1n) is 5.87. The molecule has 0 saturated carbocycles. The number of aromatic carboxylic acids is 1. The van der Waals surface area contributed by atoms with Gasteiger partial charge in [-0.05, 0) is 18.2 Å². The first kappa shape index (κ1) is 14.2. The van der Waals surface area contributed by atoms with Gasteiger partial charge in [-0.1, -0.05) is 11.6 Å². The predicted molar refractivity (Wildman–Crippen MR) is 81.6 cm³/mol. The smallest absolute Gasteiger partial charge is 0.337 e. The third-order valence-electron chi connectivity index (χ3n) is 2.85. The van der Waals surface area contributed by atoms with Crippen LogP contribution in [0.3, 0.4) is 0 Å². The molecule has 1 unspecified atom stereocenters. The van der Waals surface area contributed by atoms with E-state index in [0.717, 1.165) is 4.96 Å². The molecule has 108 valence electrons. The van der Waals surface area contributed by atoms with Crippen molar-refractivity contribution in [1.82, 2.24) is 9.38 Å². The standard InChI is InChI=1S/C13H9ClN2O3S2/c14-11-2-1-9(5-10(11)12(17)18)21(19)7-8-6-16-3-4-20-13(16)15-8/h1-6H,7H2,(H,17,18). The molecule has 0 amide bonds. The number of thiazole rings is 1. The lowest BCUT2D eigenvalue weighted by molar-refractivity contribution is 0.0697. The molecular weight excluding hydrogens is 332 g/mol. The van der Waals surface area contributed by atoms with Crippen LogP contribution in [0.25, 0.3) is 4.96 Å². The van der Waals surface area contributed by atoms with Gasteiger partial charge in [-0.3, -0.25) is 8.61 Å². The zero-order valence-electron chi connectivity index (χ0n) is 10.5. The molecule has 5 nitrogen and oxygen atoms in total. The third-order valence-corrected chi connectivity index (χ3v) is 5.29. The molecular formula is C13H9ClN2O3S2. The van der Waals surface area contributed by atoms with Crippen LogP contribution < -0.4 is 0 Å². The van der Waals surface area contributed by atoms with Crippen molar-refractivity contribution in [2.24, 2.45) is 0 Å².